The summed E-state index contributed by atoms with van der Waals surface area (Å²) in [7, 11) is 1.29. The number of para-hydroxylation sites is 1. The Bertz CT molecular complexity index is 1020. The summed E-state index contributed by atoms with van der Waals surface area (Å²) in [6.07, 6.45) is 1.75. The Labute approximate surface area is 183 Å². The molecule has 0 fully saturated rings. The highest BCUT2D eigenvalue weighted by atomic mass is 79.9. The minimum atomic E-state index is -0.496. The topological polar surface area (TPSA) is 77.4 Å². The van der Waals surface area contributed by atoms with Gasteiger partial charge >= 0.3 is 5.97 Å². The lowest BCUT2D eigenvalue weighted by atomic mass is 10.1. The maximum absolute atomic E-state index is 12.9. The van der Waals surface area contributed by atoms with Gasteiger partial charge in [-0.25, -0.2) is 4.79 Å². The highest BCUT2D eigenvalue weighted by Gasteiger charge is 2.29. The van der Waals surface area contributed by atoms with Crippen LogP contribution in [0.5, 0.6) is 11.5 Å². The van der Waals surface area contributed by atoms with Crippen molar-refractivity contribution in [2.75, 3.05) is 25.3 Å². The van der Waals surface area contributed by atoms with Crippen LogP contribution < -0.4 is 14.5 Å². The maximum atomic E-state index is 12.9. The van der Waals surface area contributed by atoms with Crippen LogP contribution in [0, 0.1) is 0 Å². The Morgan fingerprint density at radius 1 is 1.17 bits per heavy atom. The molecule has 0 radical (unpaired) electrons. The zero-order valence-electron chi connectivity index (χ0n) is 16.8. The van der Waals surface area contributed by atoms with Gasteiger partial charge in [0, 0.05) is 4.47 Å². The second-order valence-electron chi connectivity index (χ2n) is 6.31. The number of nitrogens with zero attached hydrogens (tertiary/aromatic N) is 2. The van der Waals surface area contributed by atoms with Gasteiger partial charge in [-0.05, 0) is 49.8 Å². The molecular weight excluding hydrogens is 452 g/mol. The molecule has 2 aromatic carbocycles. The standard InChI is InChI=1S/C22H21BrN2O5/c1-4-29-19-11-15(18(23)12-20(19)30-13-21(26)28-3)10-17-14(2)24-25(22(17)27)16-8-6-5-7-9-16/h5-12H,4,13H2,1-3H3. The third kappa shape index (κ3) is 4.71. The molecule has 0 aromatic heterocycles. The number of benzene rings is 2. The smallest absolute Gasteiger partial charge is 0.343 e. The van der Waals surface area contributed by atoms with Gasteiger partial charge in [0.1, 0.15) is 0 Å². The molecule has 1 aliphatic rings. The van der Waals surface area contributed by atoms with E-state index < -0.39 is 5.97 Å². The van der Waals surface area contributed by atoms with E-state index in [-0.39, 0.29) is 12.5 Å². The van der Waals surface area contributed by atoms with Crippen LogP contribution in [-0.2, 0) is 14.3 Å². The van der Waals surface area contributed by atoms with E-state index in [9.17, 15) is 9.59 Å². The Balaban J connectivity index is 1.92. The van der Waals surface area contributed by atoms with E-state index in [0.29, 0.717) is 39.6 Å². The predicted molar refractivity (Wildman–Crippen MR) is 118 cm³/mol. The zero-order chi connectivity index (χ0) is 21.7. The number of anilines is 1. The van der Waals surface area contributed by atoms with Gasteiger partial charge in [0.15, 0.2) is 18.1 Å². The maximum Gasteiger partial charge on any atom is 0.343 e. The Morgan fingerprint density at radius 3 is 2.53 bits per heavy atom. The number of carbonyl (C=O) groups is 2. The zero-order valence-corrected chi connectivity index (χ0v) is 18.4. The second kappa shape index (κ2) is 9.58. The third-order valence-electron chi connectivity index (χ3n) is 4.30. The first kappa shape index (κ1) is 21.6. The Kier molecular flexibility index (Phi) is 6.89. The number of rotatable bonds is 7. The van der Waals surface area contributed by atoms with Crippen LogP contribution in [0.2, 0.25) is 0 Å². The first-order valence-corrected chi connectivity index (χ1v) is 10.1. The molecular formula is C22H21BrN2O5. The van der Waals surface area contributed by atoms with Gasteiger partial charge in [0.2, 0.25) is 0 Å². The van der Waals surface area contributed by atoms with Gasteiger partial charge in [-0.1, -0.05) is 34.1 Å². The van der Waals surface area contributed by atoms with E-state index >= 15 is 0 Å². The van der Waals surface area contributed by atoms with E-state index in [4.69, 9.17) is 9.47 Å². The van der Waals surface area contributed by atoms with Crippen LogP contribution in [0.15, 0.2) is 57.6 Å². The summed E-state index contributed by atoms with van der Waals surface area (Å²) in [6.45, 7) is 3.81. The number of hydrogen-bond acceptors (Lipinski definition) is 6. The lowest BCUT2D eigenvalue weighted by Gasteiger charge is -2.14. The average molecular weight is 473 g/mol. The summed E-state index contributed by atoms with van der Waals surface area (Å²) in [6, 6.07) is 12.7. The number of ether oxygens (including phenoxy) is 3. The van der Waals surface area contributed by atoms with Crippen molar-refractivity contribution in [1.29, 1.82) is 0 Å². The van der Waals surface area contributed by atoms with Crippen molar-refractivity contribution in [2.45, 2.75) is 13.8 Å². The molecule has 30 heavy (non-hydrogen) atoms. The lowest BCUT2D eigenvalue weighted by molar-refractivity contribution is -0.142. The minimum absolute atomic E-state index is 0.213. The predicted octanol–water partition coefficient (Wildman–Crippen LogP) is 4.21. The van der Waals surface area contributed by atoms with Crippen molar-refractivity contribution in [1.82, 2.24) is 0 Å². The van der Waals surface area contributed by atoms with E-state index in [1.807, 2.05) is 37.3 Å². The number of hydrazone groups is 1. The molecule has 0 N–H and O–H groups in total. The van der Waals surface area contributed by atoms with Crippen molar-refractivity contribution < 1.29 is 23.8 Å². The van der Waals surface area contributed by atoms with E-state index in [0.717, 1.165) is 5.56 Å². The quantitative estimate of drug-likeness (QED) is 0.445. The number of amides is 1. The fourth-order valence-corrected chi connectivity index (χ4v) is 3.26. The van der Waals surface area contributed by atoms with Gasteiger partial charge in [-0.3, -0.25) is 4.79 Å². The average Bonchev–Trinajstić information content (AvgIpc) is 3.03. The van der Waals surface area contributed by atoms with Crippen molar-refractivity contribution in [3.8, 4) is 11.5 Å². The van der Waals surface area contributed by atoms with Gasteiger partial charge in [-0.15, -0.1) is 0 Å². The molecule has 1 heterocycles. The highest BCUT2D eigenvalue weighted by Crippen LogP contribution is 2.36. The summed E-state index contributed by atoms with van der Waals surface area (Å²) in [5.74, 6) is 0.139. The van der Waals surface area contributed by atoms with Crippen molar-refractivity contribution in [2.24, 2.45) is 5.10 Å². The van der Waals surface area contributed by atoms with Crippen LogP contribution in [0.25, 0.3) is 6.08 Å². The summed E-state index contributed by atoms with van der Waals surface area (Å²) in [5.41, 5.74) is 2.51. The molecule has 156 valence electrons. The van der Waals surface area contributed by atoms with E-state index in [1.54, 1.807) is 25.1 Å². The minimum Gasteiger partial charge on any atom is -0.490 e. The molecule has 3 rings (SSSR count). The summed E-state index contributed by atoms with van der Waals surface area (Å²) >= 11 is 3.50. The molecule has 0 atom stereocenters. The summed E-state index contributed by atoms with van der Waals surface area (Å²) < 4.78 is 16.5. The molecule has 0 aliphatic carbocycles. The van der Waals surface area contributed by atoms with Crippen molar-refractivity contribution >= 4 is 45.3 Å². The van der Waals surface area contributed by atoms with Crippen LogP contribution in [-0.4, -0.2) is 37.9 Å². The van der Waals surface area contributed by atoms with Crippen molar-refractivity contribution in [3.63, 3.8) is 0 Å². The van der Waals surface area contributed by atoms with Crippen LogP contribution in [0.3, 0.4) is 0 Å². The van der Waals surface area contributed by atoms with Gasteiger partial charge in [0.25, 0.3) is 5.91 Å². The fourth-order valence-electron chi connectivity index (χ4n) is 2.82. The number of hydrogen-bond donors (Lipinski definition) is 0. The fraction of sp³-hybridized carbons (Fsp3) is 0.227. The normalized spacial score (nSPS) is 14.7. The molecule has 0 unspecified atom stereocenters. The molecule has 2 aromatic rings. The molecule has 0 spiro atoms. The SMILES string of the molecule is CCOc1cc(C=C2C(=O)N(c3ccccc3)N=C2C)c(Br)cc1OCC(=O)OC. The van der Waals surface area contributed by atoms with E-state index in [1.165, 1.54) is 12.1 Å². The van der Waals surface area contributed by atoms with Crippen LogP contribution in [0.1, 0.15) is 19.4 Å². The van der Waals surface area contributed by atoms with Crippen LogP contribution >= 0.6 is 15.9 Å². The first-order valence-electron chi connectivity index (χ1n) is 9.27. The molecule has 1 aliphatic heterocycles. The Morgan fingerprint density at radius 2 is 1.87 bits per heavy atom. The largest absolute Gasteiger partial charge is 0.490 e. The van der Waals surface area contributed by atoms with Gasteiger partial charge in [0.05, 0.1) is 30.7 Å². The van der Waals surface area contributed by atoms with E-state index in [2.05, 4.69) is 25.8 Å². The van der Waals surface area contributed by atoms with Gasteiger partial charge in [-0.2, -0.15) is 10.1 Å². The van der Waals surface area contributed by atoms with Gasteiger partial charge < -0.3 is 14.2 Å². The lowest BCUT2D eigenvalue weighted by Crippen LogP contribution is -2.21. The van der Waals surface area contributed by atoms with Crippen molar-refractivity contribution in [3.05, 3.63) is 58.1 Å². The number of esters is 1. The second-order valence-corrected chi connectivity index (χ2v) is 7.17. The molecule has 0 bridgehead atoms. The third-order valence-corrected chi connectivity index (χ3v) is 4.99. The number of methoxy groups -OCH3 is 1. The molecule has 0 saturated carbocycles. The molecule has 8 heteroatoms. The summed E-state index contributed by atoms with van der Waals surface area (Å²) in [5, 5.41) is 5.77. The Hall–Kier alpha value is -3.13. The highest BCUT2D eigenvalue weighted by molar-refractivity contribution is 9.10. The molecule has 7 nitrogen and oxygen atoms in total. The monoisotopic (exact) mass is 472 g/mol. The molecule has 1 amide bonds. The van der Waals surface area contributed by atoms with Crippen LogP contribution in [0.4, 0.5) is 5.69 Å². The summed E-state index contributed by atoms with van der Waals surface area (Å²) in [4.78, 5) is 24.3. The molecule has 0 saturated heterocycles. The first-order chi connectivity index (χ1) is 14.4. The number of halogens is 1. The number of carbonyl (C=O) groups excluding carboxylic acids is 2.